The summed E-state index contributed by atoms with van der Waals surface area (Å²) in [5, 5.41) is 0. The first kappa shape index (κ1) is 18.0. The number of hydrogen-bond donors (Lipinski definition) is 0. The van der Waals surface area contributed by atoms with E-state index in [1.54, 1.807) is 12.1 Å². The summed E-state index contributed by atoms with van der Waals surface area (Å²) in [4.78, 5) is 23.5. The number of hydrogen-bond acceptors (Lipinski definition) is 7. The van der Waals surface area contributed by atoms with Crippen LogP contribution in [0.3, 0.4) is 0 Å². The molecule has 138 valence electrons. The molecule has 0 spiro atoms. The zero-order valence-electron chi connectivity index (χ0n) is 14.2. The zero-order chi connectivity index (χ0) is 18.9. The molecule has 9 heteroatoms. The highest BCUT2D eigenvalue weighted by molar-refractivity contribution is 7.92. The van der Waals surface area contributed by atoms with Gasteiger partial charge in [0.15, 0.2) is 0 Å². The first-order valence-electron chi connectivity index (χ1n) is 7.74. The van der Waals surface area contributed by atoms with E-state index < -0.39 is 22.0 Å². The van der Waals surface area contributed by atoms with Crippen LogP contribution in [-0.2, 0) is 32.5 Å². The number of sulfonamides is 1. The molecule has 1 aromatic heterocycles. The number of methoxy groups -OCH3 is 1. The minimum atomic E-state index is -3.34. The van der Waals surface area contributed by atoms with Crippen LogP contribution in [-0.4, -0.2) is 40.3 Å². The molecule has 8 nitrogen and oxygen atoms in total. The molecule has 3 rings (SSSR count). The van der Waals surface area contributed by atoms with E-state index in [2.05, 4.69) is 4.74 Å². The molecule has 0 atom stereocenters. The number of furan rings is 1. The summed E-state index contributed by atoms with van der Waals surface area (Å²) in [6, 6.07) is 7.70. The lowest BCUT2D eigenvalue weighted by Crippen LogP contribution is -2.27. The van der Waals surface area contributed by atoms with Crippen molar-refractivity contribution in [2.24, 2.45) is 0 Å². The Hall–Kier alpha value is -2.81. The maximum atomic E-state index is 12.2. The highest BCUT2D eigenvalue weighted by Crippen LogP contribution is 2.30. The lowest BCUT2D eigenvalue weighted by atomic mass is 10.1. The van der Waals surface area contributed by atoms with Gasteiger partial charge in [0, 0.05) is 6.54 Å². The first-order chi connectivity index (χ1) is 12.3. The molecular formula is C17H17NO7S. The number of anilines is 1. The van der Waals surface area contributed by atoms with Gasteiger partial charge in [-0.05, 0) is 42.3 Å². The maximum absolute atomic E-state index is 12.2. The second-order valence-corrected chi connectivity index (χ2v) is 7.67. The van der Waals surface area contributed by atoms with Crippen LogP contribution in [0.2, 0.25) is 0 Å². The van der Waals surface area contributed by atoms with Crippen molar-refractivity contribution in [3.63, 3.8) is 0 Å². The molecule has 0 N–H and O–H groups in total. The molecule has 26 heavy (non-hydrogen) atoms. The van der Waals surface area contributed by atoms with Gasteiger partial charge in [0.05, 0.1) is 24.6 Å². The monoisotopic (exact) mass is 379 g/mol. The second-order valence-electron chi connectivity index (χ2n) is 5.76. The van der Waals surface area contributed by atoms with Gasteiger partial charge in [0.25, 0.3) is 0 Å². The quantitative estimate of drug-likeness (QED) is 0.729. The number of nitrogens with zero attached hydrogens (tertiary/aromatic N) is 1. The van der Waals surface area contributed by atoms with Crippen molar-refractivity contribution >= 4 is 27.6 Å². The van der Waals surface area contributed by atoms with Gasteiger partial charge in [-0.2, -0.15) is 0 Å². The fourth-order valence-corrected chi connectivity index (χ4v) is 3.69. The van der Waals surface area contributed by atoms with Gasteiger partial charge < -0.3 is 13.9 Å². The lowest BCUT2D eigenvalue weighted by Gasteiger charge is -2.16. The Bertz CT molecular complexity index is 961. The van der Waals surface area contributed by atoms with Gasteiger partial charge in [0.1, 0.15) is 12.4 Å². The van der Waals surface area contributed by atoms with Gasteiger partial charge >= 0.3 is 11.9 Å². The van der Waals surface area contributed by atoms with Crippen molar-refractivity contribution in [1.29, 1.82) is 0 Å². The van der Waals surface area contributed by atoms with Crippen LogP contribution in [0.25, 0.3) is 0 Å². The number of esters is 2. The minimum Gasteiger partial charge on any atom is -0.463 e. The van der Waals surface area contributed by atoms with Crippen molar-refractivity contribution in [2.75, 3.05) is 24.2 Å². The van der Waals surface area contributed by atoms with Crippen LogP contribution >= 0.6 is 0 Å². The Balaban J connectivity index is 1.68. The molecule has 0 bridgehead atoms. The number of carbonyl (C=O) groups is 2. The fraction of sp³-hybridized carbons (Fsp3) is 0.294. The fourth-order valence-electron chi connectivity index (χ4n) is 2.73. The van der Waals surface area contributed by atoms with Crippen LogP contribution in [0.15, 0.2) is 34.7 Å². The van der Waals surface area contributed by atoms with E-state index in [1.165, 1.54) is 29.6 Å². The zero-order valence-corrected chi connectivity index (χ0v) is 15.0. The number of carbonyl (C=O) groups excluding carboxylic acids is 2. The molecule has 1 aliphatic rings. The van der Waals surface area contributed by atoms with Crippen molar-refractivity contribution in [1.82, 2.24) is 0 Å². The smallest absolute Gasteiger partial charge is 0.373 e. The summed E-state index contributed by atoms with van der Waals surface area (Å²) >= 11 is 0. The van der Waals surface area contributed by atoms with Gasteiger partial charge in [0.2, 0.25) is 15.8 Å². The highest BCUT2D eigenvalue weighted by atomic mass is 32.2. The van der Waals surface area contributed by atoms with E-state index in [0.717, 1.165) is 11.8 Å². The number of rotatable bonds is 5. The van der Waals surface area contributed by atoms with Crippen LogP contribution < -0.4 is 4.31 Å². The van der Waals surface area contributed by atoms with E-state index in [0.29, 0.717) is 30.0 Å². The maximum Gasteiger partial charge on any atom is 0.373 e. The third-order valence-corrected chi connectivity index (χ3v) is 5.14. The largest absolute Gasteiger partial charge is 0.463 e. The van der Waals surface area contributed by atoms with E-state index in [1.807, 2.05) is 0 Å². The molecule has 0 amide bonds. The molecule has 2 heterocycles. The molecule has 0 unspecified atom stereocenters. The van der Waals surface area contributed by atoms with Crippen molar-refractivity contribution in [2.45, 2.75) is 13.0 Å². The standard InChI is InChI=1S/C17H17NO7S/c1-23-17(20)15-6-4-13(25-15)10-24-16(19)12-3-5-14-11(9-12)7-8-18(14)26(2,21)22/h3-6,9H,7-8,10H2,1-2H3. The van der Waals surface area contributed by atoms with Gasteiger partial charge in [-0.1, -0.05) is 0 Å². The summed E-state index contributed by atoms with van der Waals surface area (Å²) in [6.45, 7) is 0.220. The molecule has 0 saturated heterocycles. The van der Waals surface area contributed by atoms with Crippen LogP contribution in [0.4, 0.5) is 5.69 Å². The van der Waals surface area contributed by atoms with Crippen LogP contribution in [0.1, 0.15) is 32.2 Å². The summed E-state index contributed by atoms with van der Waals surface area (Å²) < 4.78 is 39.7. The van der Waals surface area contributed by atoms with Crippen LogP contribution in [0, 0.1) is 0 Å². The average molecular weight is 379 g/mol. The van der Waals surface area contributed by atoms with Crippen molar-refractivity contribution < 1.29 is 31.9 Å². The topological polar surface area (TPSA) is 103 Å². The summed E-state index contributed by atoms with van der Waals surface area (Å²) in [7, 11) is -2.10. The number of ether oxygens (including phenoxy) is 2. The second kappa shape index (κ2) is 6.83. The third kappa shape index (κ3) is 3.57. The molecule has 1 aromatic carbocycles. The third-order valence-electron chi connectivity index (χ3n) is 3.96. The van der Waals surface area contributed by atoms with Gasteiger partial charge in [-0.25, -0.2) is 18.0 Å². The molecule has 0 saturated carbocycles. The Morgan fingerprint density at radius 2 is 1.96 bits per heavy atom. The SMILES string of the molecule is COC(=O)c1ccc(COC(=O)c2ccc3c(c2)CCN3S(C)(=O)=O)o1. The molecule has 0 radical (unpaired) electrons. The normalized spacial score (nSPS) is 13.4. The van der Waals surface area contributed by atoms with Crippen LogP contribution in [0.5, 0.6) is 0 Å². The highest BCUT2D eigenvalue weighted by Gasteiger charge is 2.27. The lowest BCUT2D eigenvalue weighted by molar-refractivity contribution is 0.0438. The predicted molar refractivity (Wildman–Crippen MR) is 91.5 cm³/mol. The molecule has 0 aliphatic carbocycles. The molecule has 0 fully saturated rings. The number of benzene rings is 1. The first-order valence-corrected chi connectivity index (χ1v) is 9.59. The van der Waals surface area contributed by atoms with E-state index in [9.17, 15) is 18.0 Å². The van der Waals surface area contributed by atoms with Gasteiger partial charge in [-0.15, -0.1) is 0 Å². The Morgan fingerprint density at radius 1 is 1.19 bits per heavy atom. The van der Waals surface area contributed by atoms with E-state index in [-0.39, 0.29) is 12.4 Å². The molecule has 1 aliphatic heterocycles. The Morgan fingerprint density at radius 3 is 2.65 bits per heavy atom. The van der Waals surface area contributed by atoms with Gasteiger partial charge in [-0.3, -0.25) is 4.31 Å². The predicted octanol–water partition coefficient (Wildman–Crippen LogP) is 1.75. The number of fused-ring (bicyclic) bond motifs is 1. The van der Waals surface area contributed by atoms with E-state index >= 15 is 0 Å². The van der Waals surface area contributed by atoms with Crippen molar-refractivity contribution in [3.05, 3.63) is 53.0 Å². The minimum absolute atomic E-state index is 0.0250. The Kier molecular flexibility index (Phi) is 4.73. The summed E-state index contributed by atoms with van der Waals surface area (Å²) in [5.41, 5.74) is 1.67. The molecular weight excluding hydrogens is 362 g/mol. The van der Waals surface area contributed by atoms with Crippen molar-refractivity contribution in [3.8, 4) is 0 Å². The average Bonchev–Trinajstić information content (AvgIpc) is 3.24. The van der Waals surface area contributed by atoms with E-state index in [4.69, 9.17) is 9.15 Å². The summed E-state index contributed by atoms with van der Waals surface area (Å²) in [5.74, 6) is -0.849. The Labute approximate surface area is 150 Å². The molecule has 2 aromatic rings. The summed E-state index contributed by atoms with van der Waals surface area (Å²) in [6.07, 6.45) is 1.68.